The first-order valence-electron chi connectivity index (χ1n) is 10.8. The Balaban J connectivity index is 1.33. The second-order valence-electron chi connectivity index (χ2n) is 7.95. The molecule has 0 saturated carbocycles. The van der Waals surface area contributed by atoms with Gasteiger partial charge >= 0.3 is 13.8 Å². The first-order chi connectivity index (χ1) is 16.8. The van der Waals surface area contributed by atoms with Crippen LogP contribution >= 0.6 is 7.82 Å². The number of aliphatic hydroxyl groups excluding tert-OH is 1. The van der Waals surface area contributed by atoms with Crippen LogP contribution in [0.3, 0.4) is 0 Å². The van der Waals surface area contributed by atoms with Crippen LogP contribution in [0, 0.1) is 0 Å². The van der Waals surface area contributed by atoms with Crippen molar-refractivity contribution in [2.75, 3.05) is 18.9 Å². The number of aromatic nitrogens is 5. The van der Waals surface area contributed by atoms with Crippen LogP contribution in [0.1, 0.15) is 31.2 Å². The number of nitrogen functional groups attached to an aromatic ring is 1. The van der Waals surface area contributed by atoms with Crippen LogP contribution in [0.4, 0.5) is 5.82 Å². The van der Waals surface area contributed by atoms with Gasteiger partial charge in [-0.15, -0.1) is 0 Å². The number of esters is 1. The quantitative estimate of drug-likeness (QED) is 0.360. The maximum Gasteiger partial charge on any atom is 0.475 e. The van der Waals surface area contributed by atoms with Crippen molar-refractivity contribution in [3.8, 4) is 0 Å². The average Bonchev–Trinajstić information content (AvgIpc) is 3.40. The number of nitrogens with zero attached hydrogens (tertiary/aromatic N) is 5. The molecule has 0 bridgehead atoms. The molecule has 0 aromatic carbocycles. The molecule has 3 N–H and O–H groups in total. The molecule has 2 aliphatic heterocycles. The molecule has 35 heavy (non-hydrogen) atoms. The van der Waals surface area contributed by atoms with Crippen molar-refractivity contribution in [1.82, 2.24) is 24.5 Å². The second kappa shape index (κ2) is 9.57. The van der Waals surface area contributed by atoms with E-state index in [0.29, 0.717) is 17.6 Å². The van der Waals surface area contributed by atoms with Crippen molar-refractivity contribution in [3.63, 3.8) is 0 Å². The molecule has 6 atom stereocenters. The lowest BCUT2D eigenvalue weighted by atomic mass is 10.1. The highest BCUT2D eigenvalue weighted by molar-refractivity contribution is 7.48. The summed E-state index contributed by atoms with van der Waals surface area (Å²) in [4.78, 5) is 27.9. The minimum Gasteiger partial charge on any atom is -0.457 e. The van der Waals surface area contributed by atoms with Gasteiger partial charge in [0.2, 0.25) is 0 Å². The summed E-state index contributed by atoms with van der Waals surface area (Å²) in [6.07, 6.45) is 1.31. The van der Waals surface area contributed by atoms with Crippen LogP contribution < -0.4 is 5.73 Å². The fraction of sp³-hybridized carbons (Fsp3) is 0.450. The third-order valence-electron chi connectivity index (χ3n) is 5.63. The number of fused-ring (bicyclic) bond motifs is 1. The van der Waals surface area contributed by atoms with Crippen molar-refractivity contribution in [2.24, 2.45) is 0 Å². The maximum absolute atomic E-state index is 13.2. The van der Waals surface area contributed by atoms with Crippen LogP contribution in [0.25, 0.3) is 11.2 Å². The topological polar surface area (TPSA) is 183 Å². The molecule has 0 radical (unpaired) electrons. The number of anilines is 1. The first-order valence-corrected chi connectivity index (χ1v) is 12.2. The Morgan fingerprint density at radius 3 is 2.89 bits per heavy atom. The van der Waals surface area contributed by atoms with Gasteiger partial charge in [-0.25, -0.2) is 19.5 Å². The number of hydrogen-bond donors (Lipinski definition) is 2. The van der Waals surface area contributed by atoms with Crippen molar-refractivity contribution in [1.29, 1.82) is 0 Å². The Bertz CT molecular complexity index is 1260. The molecule has 3 aromatic heterocycles. The van der Waals surface area contributed by atoms with Gasteiger partial charge in [0, 0.05) is 25.7 Å². The molecule has 1 unspecified atom stereocenters. The molecule has 2 saturated heterocycles. The van der Waals surface area contributed by atoms with Crippen molar-refractivity contribution in [3.05, 3.63) is 42.7 Å². The molecule has 2 aliphatic rings. The highest BCUT2D eigenvalue weighted by atomic mass is 31.2. The largest absolute Gasteiger partial charge is 0.475 e. The predicted molar refractivity (Wildman–Crippen MR) is 117 cm³/mol. The maximum atomic E-state index is 13.2. The van der Waals surface area contributed by atoms with Gasteiger partial charge in [-0.05, 0) is 17.7 Å². The lowest BCUT2D eigenvalue weighted by Crippen LogP contribution is -2.38. The minimum absolute atomic E-state index is 0.149. The van der Waals surface area contributed by atoms with Crippen molar-refractivity contribution < 1.29 is 37.5 Å². The van der Waals surface area contributed by atoms with Crippen molar-refractivity contribution in [2.45, 2.75) is 44.0 Å². The van der Waals surface area contributed by atoms with Gasteiger partial charge in [0.1, 0.15) is 24.1 Å². The Hall–Kier alpha value is -3.00. The lowest BCUT2D eigenvalue weighted by Gasteiger charge is -2.30. The molecule has 3 aromatic rings. The number of phosphoric acid groups is 1. The van der Waals surface area contributed by atoms with E-state index in [-0.39, 0.29) is 19.0 Å². The molecular weight excluding hydrogens is 483 g/mol. The summed E-state index contributed by atoms with van der Waals surface area (Å²) >= 11 is 0. The van der Waals surface area contributed by atoms with Gasteiger partial charge in [-0.1, -0.05) is 0 Å². The molecule has 14 nitrogen and oxygen atoms in total. The van der Waals surface area contributed by atoms with Gasteiger partial charge in [0.25, 0.3) is 0 Å². The molecule has 2 fully saturated rings. The van der Waals surface area contributed by atoms with E-state index in [4.69, 9.17) is 28.8 Å². The Kier molecular flexibility index (Phi) is 6.49. The zero-order chi connectivity index (χ0) is 24.6. The molecular formula is C20H23N6O8P. The van der Waals surface area contributed by atoms with Gasteiger partial charge in [0.15, 0.2) is 23.8 Å². The molecule has 0 aliphatic carbocycles. The standard InChI is InChI=1S/C20H23N6O8P/c1-11(27)32-17-14(8-31-35(29)30-7-4-13(34-35)12-2-5-22-6-3-12)33-20(16(17)28)26-10-25-15-18(21)23-9-24-19(15)26/h2-3,5-6,9-10,13-14,16-17,20,28H,4,7-8H2,1H3,(H2,21,23,24)/t13-,14-,16-,17-,20-,35?/m1/s1. The number of hydrogen-bond acceptors (Lipinski definition) is 13. The fourth-order valence-corrected chi connectivity index (χ4v) is 5.42. The zero-order valence-corrected chi connectivity index (χ0v) is 19.4. The van der Waals surface area contributed by atoms with E-state index in [0.717, 1.165) is 5.56 Å². The number of ether oxygens (including phenoxy) is 2. The SMILES string of the molecule is CC(=O)O[C@H]1[C@@H](O)[C@H](n2cnc3c(N)ncnc32)O[C@@H]1COP1(=O)OCC[C@H](c2ccncc2)O1. The van der Waals surface area contributed by atoms with E-state index >= 15 is 0 Å². The normalized spacial score (nSPS) is 31.0. The molecule has 186 valence electrons. The highest BCUT2D eigenvalue weighted by Crippen LogP contribution is 2.57. The van der Waals surface area contributed by atoms with Gasteiger partial charge in [0.05, 0.1) is 25.6 Å². The van der Waals surface area contributed by atoms with E-state index in [2.05, 4.69) is 19.9 Å². The number of carbonyl (C=O) groups excluding carboxylic acids is 1. The number of phosphoric ester groups is 1. The Labute approximate surface area is 199 Å². The zero-order valence-electron chi connectivity index (χ0n) is 18.5. The summed E-state index contributed by atoms with van der Waals surface area (Å²) in [7, 11) is -3.97. The second-order valence-corrected chi connectivity index (χ2v) is 9.57. The number of imidazole rings is 1. The molecule has 15 heteroatoms. The van der Waals surface area contributed by atoms with Crippen LogP contribution in [0.5, 0.6) is 0 Å². The van der Waals surface area contributed by atoms with Gasteiger partial charge in [-0.3, -0.25) is 27.9 Å². The fourth-order valence-electron chi connectivity index (χ4n) is 4.03. The van der Waals surface area contributed by atoms with E-state index in [1.54, 1.807) is 24.5 Å². The smallest absolute Gasteiger partial charge is 0.457 e. The molecule has 5 heterocycles. The number of rotatable bonds is 6. The minimum atomic E-state index is -3.97. The number of aliphatic hydroxyl groups is 1. The van der Waals surface area contributed by atoms with Crippen LogP contribution in [0.2, 0.25) is 0 Å². The van der Waals surface area contributed by atoms with Crippen molar-refractivity contribution >= 4 is 30.8 Å². The van der Waals surface area contributed by atoms with E-state index in [9.17, 15) is 14.5 Å². The Morgan fingerprint density at radius 1 is 1.31 bits per heavy atom. The average molecular weight is 506 g/mol. The molecule has 0 amide bonds. The summed E-state index contributed by atoms with van der Waals surface area (Å²) in [6, 6.07) is 3.51. The van der Waals surface area contributed by atoms with Crippen LogP contribution in [0.15, 0.2) is 37.2 Å². The van der Waals surface area contributed by atoms with E-state index < -0.39 is 44.4 Å². The van der Waals surface area contributed by atoms with E-state index in [1.807, 2.05) is 0 Å². The van der Waals surface area contributed by atoms with Gasteiger partial charge in [-0.2, -0.15) is 0 Å². The van der Waals surface area contributed by atoms with Gasteiger partial charge < -0.3 is 20.3 Å². The van der Waals surface area contributed by atoms with Crippen LogP contribution in [-0.4, -0.2) is 67.1 Å². The summed E-state index contributed by atoms with van der Waals surface area (Å²) in [5.41, 5.74) is 7.26. The highest BCUT2D eigenvalue weighted by Gasteiger charge is 2.49. The summed E-state index contributed by atoms with van der Waals surface area (Å²) in [5, 5.41) is 10.9. The third-order valence-corrected chi connectivity index (χ3v) is 7.11. The Morgan fingerprint density at radius 2 is 2.11 bits per heavy atom. The van der Waals surface area contributed by atoms with E-state index in [1.165, 1.54) is 24.1 Å². The molecule has 0 spiro atoms. The monoisotopic (exact) mass is 506 g/mol. The molecule has 5 rings (SSSR count). The number of nitrogens with two attached hydrogens (primary N) is 1. The number of carbonyl (C=O) groups is 1. The third kappa shape index (κ3) is 4.76. The van der Waals surface area contributed by atoms with Crippen LogP contribution in [-0.2, 0) is 32.4 Å². The lowest BCUT2D eigenvalue weighted by molar-refractivity contribution is -0.153. The first kappa shape index (κ1) is 23.7. The summed E-state index contributed by atoms with van der Waals surface area (Å²) < 4.78 is 42.4. The summed E-state index contributed by atoms with van der Waals surface area (Å²) in [6.45, 7) is 0.999. The summed E-state index contributed by atoms with van der Waals surface area (Å²) in [5.74, 6) is -0.481. The number of pyridine rings is 1. The predicted octanol–water partition coefficient (Wildman–Crippen LogP) is 1.30.